The van der Waals surface area contributed by atoms with Crippen LogP contribution in [0.25, 0.3) is 0 Å². The Labute approximate surface area is 55.7 Å². The molecule has 0 unspecified atom stereocenters. The Bertz CT molecular complexity index is 139. The maximum atomic E-state index is 10.1. The van der Waals surface area contributed by atoms with E-state index in [4.69, 9.17) is 15.3 Å². The molecule has 6 heteroatoms. The van der Waals surface area contributed by atoms with Crippen molar-refractivity contribution in [2.75, 3.05) is 0 Å². The van der Waals surface area contributed by atoms with Crippen molar-refractivity contribution in [1.29, 1.82) is 0 Å². The van der Waals surface area contributed by atoms with E-state index in [1.807, 2.05) is 0 Å². The summed E-state index contributed by atoms with van der Waals surface area (Å²) in [6, 6.07) is 0. The second-order valence-corrected chi connectivity index (χ2v) is 1.39. The third kappa shape index (κ3) is 5.01. The fourth-order valence-corrected chi connectivity index (χ4v) is 0.283. The summed E-state index contributed by atoms with van der Waals surface area (Å²) in [6.07, 6.45) is -0.877. The van der Waals surface area contributed by atoms with Crippen LogP contribution in [-0.2, 0) is 14.3 Å². The summed E-state index contributed by atoms with van der Waals surface area (Å²) in [4.78, 5) is 19.9. The number of aliphatic hydroxyl groups excluding tert-OH is 1. The SMILES string of the molecule is O=C(O)CC(=O)OC(O)O. The largest absolute Gasteiger partial charge is 0.481 e. The molecule has 3 N–H and O–H groups in total. The van der Waals surface area contributed by atoms with Crippen LogP contribution in [0.1, 0.15) is 6.42 Å². The van der Waals surface area contributed by atoms with Crippen molar-refractivity contribution in [2.24, 2.45) is 0 Å². The van der Waals surface area contributed by atoms with Gasteiger partial charge in [0.15, 0.2) is 0 Å². The first kappa shape index (κ1) is 8.86. The lowest BCUT2D eigenvalue weighted by atomic mass is 10.4. The topological polar surface area (TPSA) is 104 Å². The van der Waals surface area contributed by atoms with Crippen LogP contribution in [0.2, 0.25) is 0 Å². The summed E-state index contributed by atoms with van der Waals surface area (Å²) in [6.45, 7) is -2.24. The van der Waals surface area contributed by atoms with E-state index in [-0.39, 0.29) is 0 Å². The third-order valence-electron chi connectivity index (χ3n) is 0.532. The Morgan fingerprint density at radius 1 is 1.40 bits per heavy atom. The van der Waals surface area contributed by atoms with Gasteiger partial charge >= 0.3 is 18.4 Å². The molecule has 0 saturated heterocycles. The molecule has 0 saturated carbocycles. The van der Waals surface area contributed by atoms with Crippen LogP contribution in [0.3, 0.4) is 0 Å². The predicted octanol–water partition coefficient (Wildman–Crippen LogP) is -1.73. The van der Waals surface area contributed by atoms with Crippen LogP contribution in [0.15, 0.2) is 0 Å². The molecule has 10 heavy (non-hydrogen) atoms. The van der Waals surface area contributed by atoms with Gasteiger partial charge < -0.3 is 20.1 Å². The lowest BCUT2D eigenvalue weighted by molar-refractivity contribution is -0.229. The van der Waals surface area contributed by atoms with Crippen LogP contribution in [0.4, 0.5) is 0 Å². The van der Waals surface area contributed by atoms with E-state index in [9.17, 15) is 9.59 Å². The molecule has 0 heterocycles. The van der Waals surface area contributed by atoms with E-state index in [1.165, 1.54) is 0 Å². The summed E-state index contributed by atoms with van der Waals surface area (Å²) in [5, 5.41) is 23.8. The van der Waals surface area contributed by atoms with E-state index in [0.29, 0.717) is 0 Å². The first-order valence-corrected chi connectivity index (χ1v) is 2.30. The predicted molar refractivity (Wildman–Crippen MR) is 26.6 cm³/mol. The molecule has 0 aliphatic heterocycles. The zero-order valence-corrected chi connectivity index (χ0v) is 4.85. The Balaban J connectivity index is 3.54. The minimum atomic E-state index is -2.24. The maximum absolute atomic E-state index is 10.1. The Morgan fingerprint density at radius 3 is 2.20 bits per heavy atom. The third-order valence-corrected chi connectivity index (χ3v) is 0.532. The van der Waals surface area contributed by atoms with E-state index in [0.717, 1.165) is 0 Å². The van der Waals surface area contributed by atoms with E-state index >= 15 is 0 Å². The standard InChI is InChI=1S/C4H6O6/c5-2(6)1-3(7)10-4(8)9/h4,8-9H,1H2,(H,5,6). The van der Waals surface area contributed by atoms with Crippen molar-refractivity contribution >= 4 is 11.9 Å². The first-order valence-electron chi connectivity index (χ1n) is 2.30. The molecule has 58 valence electrons. The lowest BCUT2D eigenvalue weighted by Crippen LogP contribution is -2.18. The number of esters is 1. The summed E-state index contributed by atoms with van der Waals surface area (Å²) >= 11 is 0. The first-order chi connectivity index (χ1) is 4.52. The molecule has 0 fully saturated rings. The summed E-state index contributed by atoms with van der Waals surface area (Å²) < 4.78 is 3.65. The molecule has 0 radical (unpaired) electrons. The lowest BCUT2D eigenvalue weighted by Gasteiger charge is -2.02. The second-order valence-electron chi connectivity index (χ2n) is 1.39. The van der Waals surface area contributed by atoms with Gasteiger partial charge in [0.05, 0.1) is 0 Å². The Hall–Kier alpha value is -1.14. The van der Waals surface area contributed by atoms with Crippen molar-refractivity contribution < 1.29 is 29.6 Å². The molecule has 0 rings (SSSR count). The molecule has 0 aromatic heterocycles. The van der Waals surface area contributed by atoms with Gasteiger partial charge in [0, 0.05) is 0 Å². The molecule has 0 aromatic carbocycles. The van der Waals surface area contributed by atoms with Gasteiger partial charge in [0.25, 0.3) is 0 Å². The van der Waals surface area contributed by atoms with Crippen LogP contribution < -0.4 is 0 Å². The highest BCUT2D eigenvalue weighted by atomic mass is 16.7. The minimum absolute atomic E-state index is 0.877. The zero-order valence-electron chi connectivity index (χ0n) is 4.85. The normalized spacial score (nSPS) is 9.50. The number of rotatable bonds is 3. The smallest absolute Gasteiger partial charge is 0.321 e. The highest BCUT2D eigenvalue weighted by molar-refractivity contribution is 5.90. The highest BCUT2D eigenvalue weighted by Gasteiger charge is 2.11. The molecule has 0 aromatic rings. The van der Waals surface area contributed by atoms with E-state index < -0.39 is 24.8 Å². The van der Waals surface area contributed by atoms with Crippen molar-refractivity contribution in [1.82, 2.24) is 0 Å². The fourth-order valence-electron chi connectivity index (χ4n) is 0.283. The molecule has 0 atom stereocenters. The van der Waals surface area contributed by atoms with Gasteiger partial charge in [0.1, 0.15) is 6.42 Å². The van der Waals surface area contributed by atoms with Gasteiger partial charge in [-0.25, -0.2) is 0 Å². The molecule has 0 aliphatic carbocycles. The molecule has 0 spiro atoms. The average Bonchev–Trinajstić information content (AvgIpc) is 1.58. The number of carboxylic acid groups (broad SMARTS) is 1. The van der Waals surface area contributed by atoms with Crippen LogP contribution in [0.5, 0.6) is 0 Å². The minimum Gasteiger partial charge on any atom is -0.481 e. The van der Waals surface area contributed by atoms with Gasteiger partial charge in [-0.15, -0.1) is 0 Å². The van der Waals surface area contributed by atoms with Crippen molar-refractivity contribution in [3.05, 3.63) is 0 Å². The van der Waals surface area contributed by atoms with Gasteiger partial charge in [-0.3, -0.25) is 9.59 Å². The second kappa shape index (κ2) is 3.80. The average molecular weight is 150 g/mol. The number of aliphatic hydroxyl groups is 2. The van der Waals surface area contributed by atoms with Crippen LogP contribution in [-0.4, -0.2) is 33.7 Å². The number of aliphatic carboxylic acids is 1. The molecule has 6 nitrogen and oxygen atoms in total. The molecule has 0 aliphatic rings. The van der Waals surface area contributed by atoms with Gasteiger partial charge in [-0.05, 0) is 0 Å². The maximum Gasteiger partial charge on any atom is 0.321 e. The fraction of sp³-hybridized carbons (Fsp3) is 0.500. The van der Waals surface area contributed by atoms with Gasteiger partial charge in [-0.2, -0.15) is 0 Å². The number of carbonyl (C=O) groups is 2. The number of hydrogen-bond acceptors (Lipinski definition) is 5. The summed E-state index contributed by atoms with van der Waals surface area (Å²) in [7, 11) is 0. The highest BCUT2D eigenvalue weighted by Crippen LogP contribution is 1.88. The summed E-state index contributed by atoms with van der Waals surface area (Å²) in [5.74, 6) is -2.58. The molecule has 0 amide bonds. The van der Waals surface area contributed by atoms with Gasteiger partial charge in [-0.1, -0.05) is 0 Å². The van der Waals surface area contributed by atoms with Crippen molar-refractivity contribution in [3.63, 3.8) is 0 Å². The zero-order chi connectivity index (χ0) is 8.15. The van der Waals surface area contributed by atoms with Crippen molar-refractivity contribution in [3.8, 4) is 0 Å². The van der Waals surface area contributed by atoms with E-state index in [1.54, 1.807) is 0 Å². The van der Waals surface area contributed by atoms with Crippen molar-refractivity contribution in [2.45, 2.75) is 12.9 Å². The number of carbonyl (C=O) groups excluding carboxylic acids is 1. The quantitative estimate of drug-likeness (QED) is 0.251. The Morgan fingerprint density at radius 2 is 1.90 bits per heavy atom. The Kier molecular flexibility index (Phi) is 3.37. The number of hydrogen-bond donors (Lipinski definition) is 3. The number of carboxylic acids is 1. The summed E-state index contributed by atoms with van der Waals surface area (Å²) in [5.41, 5.74) is 0. The van der Waals surface area contributed by atoms with E-state index in [2.05, 4.69) is 4.74 Å². The monoisotopic (exact) mass is 150 g/mol. The van der Waals surface area contributed by atoms with Crippen LogP contribution in [0, 0.1) is 0 Å². The van der Waals surface area contributed by atoms with Gasteiger partial charge in [0.2, 0.25) is 0 Å². The molecular weight excluding hydrogens is 144 g/mol. The van der Waals surface area contributed by atoms with Crippen LogP contribution >= 0.6 is 0 Å². The molecular formula is C4H6O6. The number of ether oxygens (including phenoxy) is 1. The molecule has 0 bridgehead atoms.